The Morgan fingerprint density at radius 1 is 1.12 bits per heavy atom. The predicted molar refractivity (Wildman–Crippen MR) is 29.8 cm³/mol. The van der Waals surface area contributed by atoms with Crippen LogP contribution < -0.4 is 0 Å². The summed E-state index contributed by atoms with van der Waals surface area (Å²) in [5.41, 5.74) is 0. The van der Waals surface area contributed by atoms with Crippen LogP contribution in [-0.4, -0.2) is 10.2 Å². The largest absolute Gasteiger partial charge is 0.508 e. The first-order chi connectivity index (χ1) is 4.20. The summed E-state index contributed by atoms with van der Waals surface area (Å²) in [4.78, 5) is 0. The molecule has 1 rings (SSSR count). The lowest BCUT2D eigenvalue weighted by Gasteiger charge is -1.88. The minimum absolute atomic E-state index is 0.00204. The quantitative estimate of drug-likeness (QED) is 0.492. The molecule has 2 nitrogen and oxygen atoms in total. The molecule has 0 fully saturated rings. The van der Waals surface area contributed by atoms with Gasteiger partial charge < -0.3 is 10.2 Å². The number of benzene rings is 1. The maximum absolute atomic E-state index is 8.75. The van der Waals surface area contributed by atoms with Crippen molar-refractivity contribution in [3.8, 4) is 11.5 Å². The zero-order chi connectivity index (χ0) is 6.85. The van der Waals surface area contributed by atoms with Crippen molar-refractivity contribution in [3.05, 3.63) is 24.2 Å². The van der Waals surface area contributed by atoms with Gasteiger partial charge in [-0.05, 0) is 24.2 Å². The van der Waals surface area contributed by atoms with Crippen LogP contribution in [-0.2, 0) is 0 Å². The van der Waals surface area contributed by atoms with Gasteiger partial charge in [0.05, 0.1) is 1.37 Å². The van der Waals surface area contributed by atoms with Crippen molar-refractivity contribution in [2.45, 2.75) is 0 Å². The average Bonchev–Trinajstić information content (AvgIpc) is 1.80. The zero-order valence-corrected chi connectivity index (χ0v) is 4.13. The average molecular weight is 111 g/mol. The molecule has 0 saturated heterocycles. The summed E-state index contributed by atoms with van der Waals surface area (Å²) in [5, 5.41) is 17.5. The molecule has 0 spiro atoms. The fourth-order valence-corrected chi connectivity index (χ4v) is 0.408. The SMILES string of the molecule is [2H]c1cc(O)ccc1O. The first kappa shape index (κ1) is 3.78. The molecule has 0 aliphatic rings. The molecule has 0 aromatic heterocycles. The van der Waals surface area contributed by atoms with Crippen molar-refractivity contribution in [1.82, 2.24) is 0 Å². The third-order valence-corrected chi connectivity index (χ3v) is 0.780. The Labute approximate surface area is 48.4 Å². The number of aromatic hydroxyl groups is 2. The van der Waals surface area contributed by atoms with Crippen molar-refractivity contribution < 1.29 is 11.6 Å². The maximum atomic E-state index is 8.75. The Kier molecular flexibility index (Phi) is 0.821. The van der Waals surface area contributed by atoms with E-state index >= 15 is 0 Å². The molecule has 0 aliphatic heterocycles. The molecular weight excluding hydrogens is 104 g/mol. The van der Waals surface area contributed by atoms with Crippen LogP contribution in [0.5, 0.6) is 11.5 Å². The van der Waals surface area contributed by atoms with E-state index in [9.17, 15) is 0 Å². The van der Waals surface area contributed by atoms with Crippen molar-refractivity contribution in [2.75, 3.05) is 0 Å². The molecule has 0 amide bonds. The van der Waals surface area contributed by atoms with Gasteiger partial charge in [0.2, 0.25) is 0 Å². The molecule has 1 aromatic rings. The molecule has 0 heterocycles. The first-order valence-electron chi connectivity index (χ1n) is 2.69. The van der Waals surface area contributed by atoms with E-state index in [0.29, 0.717) is 0 Å². The van der Waals surface area contributed by atoms with E-state index in [4.69, 9.17) is 11.6 Å². The molecule has 0 saturated carbocycles. The van der Waals surface area contributed by atoms with Crippen molar-refractivity contribution in [3.63, 3.8) is 0 Å². The van der Waals surface area contributed by atoms with Crippen LogP contribution in [0.15, 0.2) is 24.2 Å². The highest BCUT2D eigenvalue weighted by molar-refractivity contribution is 5.28. The van der Waals surface area contributed by atoms with Gasteiger partial charge in [0, 0.05) is 0 Å². The number of phenols is 2. The molecular formula is C6H6O2. The molecule has 2 heteroatoms. The molecule has 2 N–H and O–H groups in total. The zero-order valence-electron chi connectivity index (χ0n) is 5.13. The molecule has 0 atom stereocenters. The number of rotatable bonds is 0. The summed E-state index contributed by atoms with van der Waals surface area (Å²) in [5.74, 6) is -0.120. The Balaban J connectivity index is 3.17. The molecule has 0 unspecified atom stereocenters. The number of phenolic OH excluding ortho intramolecular Hbond substituents is 2. The highest BCUT2D eigenvalue weighted by Crippen LogP contribution is 2.13. The van der Waals surface area contributed by atoms with Crippen molar-refractivity contribution in [2.24, 2.45) is 0 Å². The third-order valence-electron chi connectivity index (χ3n) is 0.780. The normalized spacial score (nSPS) is 10.8. The molecule has 0 radical (unpaired) electrons. The monoisotopic (exact) mass is 111 g/mol. The Morgan fingerprint density at radius 2 is 1.75 bits per heavy atom. The third kappa shape index (κ3) is 0.904. The van der Waals surface area contributed by atoms with Crippen LogP contribution in [0.25, 0.3) is 0 Å². The van der Waals surface area contributed by atoms with Gasteiger partial charge in [-0.2, -0.15) is 0 Å². The van der Waals surface area contributed by atoms with Gasteiger partial charge in [0.25, 0.3) is 0 Å². The van der Waals surface area contributed by atoms with Crippen molar-refractivity contribution >= 4 is 0 Å². The summed E-state index contributed by atoms with van der Waals surface area (Å²) in [7, 11) is 0. The topological polar surface area (TPSA) is 40.5 Å². The lowest BCUT2D eigenvalue weighted by Crippen LogP contribution is -1.61. The second-order valence-electron chi connectivity index (χ2n) is 1.43. The number of hydrogen-bond acceptors (Lipinski definition) is 2. The van der Waals surface area contributed by atoms with Crippen LogP contribution in [0.1, 0.15) is 1.37 Å². The van der Waals surface area contributed by atoms with E-state index in [1.54, 1.807) is 0 Å². The summed E-state index contributed by atoms with van der Waals surface area (Å²) in [6, 6.07) is 3.72. The van der Waals surface area contributed by atoms with E-state index in [0.717, 1.165) is 0 Å². The summed E-state index contributed by atoms with van der Waals surface area (Å²) >= 11 is 0. The minimum Gasteiger partial charge on any atom is -0.508 e. The fourth-order valence-electron chi connectivity index (χ4n) is 0.408. The minimum atomic E-state index is -0.118. The van der Waals surface area contributed by atoms with E-state index in [1.807, 2.05) is 0 Å². The number of hydrogen-bond donors (Lipinski definition) is 2. The van der Waals surface area contributed by atoms with Crippen LogP contribution in [0.2, 0.25) is 0 Å². The second kappa shape index (κ2) is 1.74. The highest BCUT2D eigenvalue weighted by atomic mass is 16.3. The molecule has 42 valence electrons. The van der Waals surface area contributed by atoms with Gasteiger partial charge in [-0.1, -0.05) is 0 Å². The lowest BCUT2D eigenvalue weighted by atomic mass is 10.3. The Morgan fingerprint density at radius 3 is 2.25 bits per heavy atom. The van der Waals surface area contributed by atoms with Gasteiger partial charge in [-0.3, -0.25) is 0 Å². The van der Waals surface area contributed by atoms with Crippen LogP contribution in [0, 0.1) is 0 Å². The van der Waals surface area contributed by atoms with E-state index < -0.39 is 0 Å². The van der Waals surface area contributed by atoms with Gasteiger partial charge in [-0.15, -0.1) is 0 Å². The first-order valence-corrected chi connectivity index (χ1v) is 2.19. The lowest BCUT2D eigenvalue weighted by molar-refractivity contribution is 0.460. The molecule has 8 heavy (non-hydrogen) atoms. The highest BCUT2D eigenvalue weighted by Gasteiger charge is 1.84. The van der Waals surface area contributed by atoms with E-state index in [2.05, 4.69) is 0 Å². The van der Waals surface area contributed by atoms with E-state index in [1.165, 1.54) is 18.2 Å². The Bertz CT molecular complexity index is 222. The molecule has 0 bridgehead atoms. The van der Waals surface area contributed by atoms with E-state index in [-0.39, 0.29) is 17.5 Å². The summed E-state index contributed by atoms with van der Waals surface area (Å²) < 4.78 is 6.95. The van der Waals surface area contributed by atoms with Crippen LogP contribution >= 0.6 is 0 Å². The van der Waals surface area contributed by atoms with Gasteiger partial charge >= 0.3 is 0 Å². The summed E-state index contributed by atoms with van der Waals surface area (Å²) in [6.07, 6.45) is 0. The van der Waals surface area contributed by atoms with Gasteiger partial charge in [0.15, 0.2) is 0 Å². The fraction of sp³-hybridized carbons (Fsp3) is 0. The summed E-state index contributed by atoms with van der Waals surface area (Å²) in [6.45, 7) is 0. The smallest absolute Gasteiger partial charge is 0.115 e. The predicted octanol–water partition coefficient (Wildman–Crippen LogP) is 1.10. The van der Waals surface area contributed by atoms with Gasteiger partial charge in [0.1, 0.15) is 11.5 Å². The van der Waals surface area contributed by atoms with Crippen molar-refractivity contribution in [1.29, 1.82) is 0 Å². The maximum Gasteiger partial charge on any atom is 0.115 e. The van der Waals surface area contributed by atoms with Crippen LogP contribution in [0.3, 0.4) is 0 Å². The van der Waals surface area contributed by atoms with Gasteiger partial charge in [-0.25, -0.2) is 0 Å². The Hall–Kier alpha value is -1.18. The molecule has 1 aromatic carbocycles. The second-order valence-corrected chi connectivity index (χ2v) is 1.43. The molecule has 0 aliphatic carbocycles. The standard InChI is InChI=1S/C6H6O2/c7-5-1-2-6(8)4-3-5/h1-4,7-8H/i1D. The van der Waals surface area contributed by atoms with Crippen LogP contribution in [0.4, 0.5) is 0 Å².